The second-order valence-electron chi connectivity index (χ2n) is 5.46. The quantitative estimate of drug-likeness (QED) is 0.531. The fourth-order valence-electron chi connectivity index (χ4n) is 2.30. The van der Waals surface area contributed by atoms with E-state index in [1.54, 1.807) is 0 Å². The van der Waals surface area contributed by atoms with Crippen LogP contribution in [0.1, 0.15) is 48.0 Å². The molecule has 1 aromatic heterocycles. The van der Waals surface area contributed by atoms with Crippen LogP contribution in [-0.2, 0) is 6.42 Å². The average Bonchev–Trinajstić information content (AvgIpc) is 2.31. The Morgan fingerprint density at radius 2 is 1.70 bits per heavy atom. The minimum atomic E-state index is 0.348. The van der Waals surface area contributed by atoms with Crippen molar-refractivity contribution in [1.82, 2.24) is 9.97 Å². The molecule has 0 unspecified atom stereocenters. The molecule has 0 amide bonds. The van der Waals surface area contributed by atoms with E-state index in [-0.39, 0.29) is 0 Å². The van der Waals surface area contributed by atoms with Crippen molar-refractivity contribution in [3.63, 3.8) is 0 Å². The van der Waals surface area contributed by atoms with Gasteiger partial charge in [0.1, 0.15) is 11.0 Å². The van der Waals surface area contributed by atoms with Gasteiger partial charge in [-0.15, -0.1) is 0 Å². The van der Waals surface area contributed by atoms with Crippen molar-refractivity contribution >= 4 is 34.2 Å². The van der Waals surface area contributed by atoms with Crippen molar-refractivity contribution in [2.75, 3.05) is 0 Å². The number of halogens is 2. The molecule has 0 bridgehead atoms. The molecule has 0 saturated carbocycles. The number of aryl methyl sites for hydroxylation is 2. The molecule has 0 saturated heterocycles. The molecular weight excluding hydrogens is 383 g/mol. The van der Waals surface area contributed by atoms with Crippen LogP contribution in [0.15, 0.2) is 18.2 Å². The molecule has 0 aliphatic carbocycles. The normalized spacial score (nSPS) is 11.2. The van der Waals surface area contributed by atoms with Gasteiger partial charge in [0.05, 0.1) is 9.26 Å². The molecule has 0 atom stereocenters. The summed E-state index contributed by atoms with van der Waals surface area (Å²) >= 11 is 8.45. The molecule has 0 aliphatic rings. The van der Waals surface area contributed by atoms with Gasteiger partial charge >= 0.3 is 0 Å². The van der Waals surface area contributed by atoms with Crippen molar-refractivity contribution in [3.05, 3.63) is 55.1 Å². The Labute approximate surface area is 139 Å². The Bertz CT molecular complexity index is 618. The van der Waals surface area contributed by atoms with E-state index in [1.807, 2.05) is 0 Å². The zero-order valence-electron chi connectivity index (χ0n) is 12.2. The Hall–Kier alpha value is -0.680. The summed E-state index contributed by atoms with van der Waals surface area (Å²) < 4.78 is 0.962. The van der Waals surface area contributed by atoms with Crippen molar-refractivity contribution in [2.45, 2.75) is 40.0 Å². The fourth-order valence-corrected chi connectivity index (χ4v) is 3.35. The van der Waals surface area contributed by atoms with E-state index < -0.39 is 0 Å². The Balaban J connectivity index is 2.38. The van der Waals surface area contributed by atoms with E-state index in [1.165, 1.54) is 16.7 Å². The lowest BCUT2D eigenvalue weighted by Crippen LogP contribution is -2.06. The van der Waals surface area contributed by atoms with Crippen LogP contribution >= 0.6 is 34.2 Å². The van der Waals surface area contributed by atoms with Gasteiger partial charge in [0.15, 0.2) is 0 Å². The SMILES string of the molecule is Cc1cc(C)cc(Cc2nc(Cl)c(I)c(C(C)C)n2)c1. The molecule has 0 fully saturated rings. The van der Waals surface area contributed by atoms with Crippen molar-refractivity contribution in [2.24, 2.45) is 0 Å². The summed E-state index contributed by atoms with van der Waals surface area (Å²) in [5.74, 6) is 1.14. The number of nitrogens with zero attached hydrogens (tertiary/aromatic N) is 2. The highest BCUT2D eigenvalue weighted by molar-refractivity contribution is 14.1. The van der Waals surface area contributed by atoms with E-state index in [0.29, 0.717) is 11.1 Å². The van der Waals surface area contributed by atoms with Crippen LogP contribution in [-0.4, -0.2) is 9.97 Å². The zero-order chi connectivity index (χ0) is 14.9. The maximum Gasteiger partial charge on any atom is 0.146 e. The highest BCUT2D eigenvalue weighted by Crippen LogP contribution is 2.25. The molecule has 20 heavy (non-hydrogen) atoms. The molecule has 0 aliphatic heterocycles. The van der Waals surface area contributed by atoms with Gasteiger partial charge in [-0.05, 0) is 47.9 Å². The van der Waals surface area contributed by atoms with Crippen LogP contribution in [0.25, 0.3) is 0 Å². The molecule has 0 radical (unpaired) electrons. The number of rotatable bonds is 3. The maximum absolute atomic E-state index is 6.23. The van der Waals surface area contributed by atoms with E-state index in [0.717, 1.165) is 21.5 Å². The second-order valence-corrected chi connectivity index (χ2v) is 6.89. The Morgan fingerprint density at radius 3 is 2.25 bits per heavy atom. The molecular formula is C16H18ClIN2. The van der Waals surface area contributed by atoms with Crippen LogP contribution < -0.4 is 0 Å². The summed E-state index contributed by atoms with van der Waals surface area (Å²) in [6.45, 7) is 8.47. The summed E-state index contributed by atoms with van der Waals surface area (Å²) in [5.41, 5.74) is 4.79. The molecule has 2 aromatic rings. The van der Waals surface area contributed by atoms with Crippen molar-refractivity contribution < 1.29 is 0 Å². The predicted molar refractivity (Wildman–Crippen MR) is 92.6 cm³/mol. The van der Waals surface area contributed by atoms with Crippen LogP contribution in [0.4, 0.5) is 0 Å². The Morgan fingerprint density at radius 1 is 1.10 bits per heavy atom. The molecule has 2 rings (SSSR count). The van der Waals surface area contributed by atoms with Gasteiger partial charge in [-0.1, -0.05) is 54.8 Å². The van der Waals surface area contributed by atoms with Crippen LogP contribution in [0.3, 0.4) is 0 Å². The molecule has 1 aromatic carbocycles. The predicted octanol–water partition coefficient (Wildman–Crippen LogP) is 5.07. The topological polar surface area (TPSA) is 25.8 Å². The van der Waals surface area contributed by atoms with E-state index in [2.05, 4.69) is 78.5 Å². The minimum absolute atomic E-state index is 0.348. The highest BCUT2D eigenvalue weighted by Gasteiger charge is 2.14. The summed E-state index contributed by atoms with van der Waals surface area (Å²) in [6.07, 6.45) is 0.721. The first kappa shape index (κ1) is 15.7. The van der Waals surface area contributed by atoms with E-state index in [4.69, 9.17) is 11.6 Å². The summed E-state index contributed by atoms with van der Waals surface area (Å²) in [7, 11) is 0. The third kappa shape index (κ3) is 3.70. The summed E-state index contributed by atoms with van der Waals surface area (Å²) in [6, 6.07) is 6.53. The molecule has 0 N–H and O–H groups in total. The fraction of sp³-hybridized carbons (Fsp3) is 0.375. The summed E-state index contributed by atoms with van der Waals surface area (Å²) in [5, 5.41) is 0.559. The number of hydrogen-bond donors (Lipinski definition) is 0. The lowest BCUT2D eigenvalue weighted by molar-refractivity contribution is 0.783. The number of aromatic nitrogens is 2. The average molecular weight is 401 g/mol. The van der Waals surface area contributed by atoms with Crippen molar-refractivity contribution in [3.8, 4) is 0 Å². The first-order chi connectivity index (χ1) is 9.36. The molecule has 106 valence electrons. The molecule has 4 heteroatoms. The van der Waals surface area contributed by atoms with Crippen molar-refractivity contribution in [1.29, 1.82) is 0 Å². The third-order valence-electron chi connectivity index (χ3n) is 3.07. The van der Waals surface area contributed by atoms with Gasteiger partial charge < -0.3 is 0 Å². The lowest BCUT2D eigenvalue weighted by Gasteiger charge is -2.11. The number of benzene rings is 1. The lowest BCUT2D eigenvalue weighted by atomic mass is 10.0. The second kappa shape index (κ2) is 6.39. The van der Waals surface area contributed by atoms with Crippen LogP contribution in [0, 0.1) is 17.4 Å². The maximum atomic E-state index is 6.23. The molecule has 2 nitrogen and oxygen atoms in total. The van der Waals surface area contributed by atoms with Gasteiger partial charge in [-0.2, -0.15) is 0 Å². The molecule has 0 spiro atoms. The van der Waals surface area contributed by atoms with Crippen LogP contribution in [0.2, 0.25) is 5.15 Å². The number of hydrogen-bond acceptors (Lipinski definition) is 2. The highest BCUT2D eigenvalue weighted by atomic mass is 127. The van der Waals surface area contributed by atoms with Gasteiger partial charge in [0, 0.05) is 6.42 Å². The van der Waals surface area contributed by atoms with E-state index in [9.17, 15) is 0 Å². The zero-order valence-corrected chi connectivity index (χ0v) is 15.1. The smallest absolute Gasteiger partial charge is 0.146 e. The van der Waals surface area contributed by atoms with Gasteiger partial charge in [0.2, 0.25) is 0 Å². The van der Waals surface area contributed by atoms with Gasteiger partial charge in [-0.3, -0.25) is 0 Å². The standard InChI is InChI=1S/C16H18ClIN2/c1-9(2)15-14(18)16(17)20-13(19-15)8-12-6-10(3)5-11(4)7-12/h5-7,9H,8H2,1-4H3. The van der Waals surface area contributed by atoms with Crippen LogP contribution in [0.5, 0.6) is 0 Å². The molecule has 1 heterocycles. The van der Waals surface area contributed by atoms with E-state index >= 15 is 0 Å². The first-order valence-corrected chi connectivity index (χ1v) is 8.11. The summed E-state index contributed by atoms with van der Waals surface area (Å²) in [4.78, 5) is 9.10. The monoisotopic (exact) mass is 400 g/mol. The first-order valence-electron chi connectivity index (χ1n) is 6.65. The Kier molecular flexibility index (Phi) is 5.02. The third-order valence-corrected chi connectivity index (χ3v) is 4.73. The van der Waals surface area contributed by atoms with Gasteiger partial charge in [0.25, 0.3) is 0 Å². The minimum Gasteiger partial charge on any atom is -0.236 e. The van der Waals surface area contributed by atoms with Gasteiger partial charge in [-0.25, -0.2) is 9.97 Å². The largest absolute Gasteiger partial charge is 0.236 e.